The summed E-state index contributed by atoms with van der Waals surface area (Å²) in [5.74, 6) is -1.43. The first-order valence-electron chi connectivity index (χ1n) is 16.2. The largest absolute Gasteiger partial charge is 0.494 e. The minimum Gasteiger partial charge on any atom is -0.494 e. The standard InChI is InChI=1S/C38H48N4O4/c1-19(2)26-16-17-29(25(9)31(26)38(10,11)12)42-36(43)34(32(41-42)20(3)4)40-39-33-23(7)22(6)18-28(35(33)46-13)30-21(5)14-15-27(24(30)8)37(44)45/h14-20,41H,1-13H3,(H,44,45)/i19D. The number of hydrogen-bond acceptors (Lipinski definition) is 5. The molecule has 4 aromatic rings. The van der Waals surface area contributed by atoms with Crippen LogP contribution in [0.2, 0.25) is 0 Å². The van der Waals surface area contributed by atoms with Crippen molar-refractivity contribution in [2.45, 2.75) is 100 Å². The molecular weight excluding hydrogens is 576 g/mol. The lowest BCUT2D eigenvalue weighted by atomic mass is 9.77. The average molecular weight is 626 g/mol. The van der Waals surface area contributed by atoms with Gasteiger partial charge in [0.2, 0.25) is 0 Å². The summed E-state index contributed by atoms with van der Waals surface area (Å²) in [6.07, 6.45) is 0. The molecule has 0 aliphatic heterocycles. The zero-order valence-electron chi connectivity index (χ0n) is 30.5. The highest BCUT2D eigenvalue weighted by atomic mass is 16.5. The van der Waals surface area contributed by atoms with Crippen LogP contribution in [0.15, 0.2) is 45.4 Å². The summed E-state index contributed by atoms with van der Waals surface area (Å²) >= 11 is 0. The van der Waals surface area contributed by atoms with Gasteiger partial charge in [-0.05, 0) is 115 Å². The number of H-pyrrole nitrogens is 1. The molecule has 0 unspecified atom stereocenters. The van der Waals surface area contributed by atoms with E-state index in [9.17, 15) is 14.7 Å². The summed E-state index contributed by atoms with van der Waals surface area (Å²) < 4.78 is 16.3. The second-order valence-corrected chi connectivity index (χ2v) is 13.7. The number of aromatic carboxylic acids is 1. The first kappa shape index (κ1) is 32.9. The predicted octanol–water partition coefficient (Wildman–Crippen LogP) is 10.0. The minimum absolute atomic E-state index is 0.0631. The molecule has 1 heterocycles. The van der Waals surface area contributed by atoms with Gasteiger partial charge in [0.05, 0.1) is 24.1 Å². The minimum atomic E-state index is -1.00. The van der Waals surface area contributed by atoms with Gasteiger partial charge in [0, 0.05) is 6.93 Å². The number of azo groups is 1. The van der Waals surface area contributed by atoms with Crippen molar-refractivity contribution in [2.24, 2.45) is 10.2 Å². The molecule has 0 aliphatic rings. The zero-order valence-corrected chi connectivity index (χ0v) is 29.5. The number of rotatable bonds is 8. The molecule has 0 saturated heterocycles. The van der Waals surface area contributed by atoms with E-state index in [0.717, 1.165) is 38.9 Å². The summed E-state index contributed by atoms with van der Waals surface area (Å²) in [6, 6.07) is 9.24. The smallest absolute Gasteiger partial charge is 0.335 e. The Morgan fingerprint density at radius 3 is 2.11 bits per heavy atom. The maximum Gasteiger partial charge on any atom is 0.335 e. The van der Waals surface area contributed by atoms with Crippen molar-refractivity contribution in [1.29, 1.82) is 0 Å². The van der Waals surface area contributed by atoms with Crippen LogP contribution in [0, 0.1) is 34.6 Å². The number of carboxylic acids is 1. The SMILES string of the molecule is [2H]C(C)(C)c1ccc(-n2[nH]c(C(C)C)c(N=Nc3c(C)c(C)cc(-c4c(C)ccc(C(=O)O)c4C)c3OC)c2=O)c(C)c1C(C)(C)C. The summed E-state index contributed by atoms with van der Waals surface area (Å²) in [4.78, 5) is 26.1. The van der Waals surface area contributed by atoms with Crippen LogP contribution in [0.25, 0.3) is 16.8 Å². The van der Waals surface area contributed by atoms with Crippen molar-refractivity contribution in [1.82, 2.24) is 9.78 Å². The molecule has 2 N–H and O–H groups in total. The molecule has 0 spiro atoms. The van der Waals surface area contributed by atoms with Crippen molar-refractivity contribution < 1.29 is 16.0 Å². The number of carbonyl (C=O) groups is 1. The quantitative estimate of drug-likeness (QED) is 0.190. The van der Waals surface area contributed by atoms with E-state index in [1.54, 1.807) is 26.2 Å². The number of benzene rings is 3. The molecule has 0 bridgehead atoms. The summed E-state index contributed by atoms with van der Waals surface area (Å²) in [6.45, 7) is 23.7. The molecular formula is C38H48N4O4. The van der Waals surface area contributed by atoms with E-state index in [1.807, 2.05) is 73.6 Å². The van der Waals surface area contributed by atoms with Gasteiger partial charge in [-0.25, -0.2) is 9.48 Å². The summed E-state index contributed by atoms with van der Waals surface area (Å²) in [5, 5.41) is 22.4. The number of nitrogens with one attached hydrogen (secondary N) is 1. The van der Waals surface area contributed by atoms with Gasteiger partial charge in [-0.3, -0.25) is 9.89 Å². The molecule has 244 valence electrons. The van der Waals surface area contributed by atoms with Gasteiger partial charge in [-0.2, -0.15) is 0 Å². The molecule has 8 nitrogen and oxygen atoms in total. The first-order valence-corrected chi connectivity index (χ1v) is 15.7. The maximum absolute atomic E-state index is 14.2. The molecule has 0 saturated carbocycles. The Kier molecular flexibility index (Phi) is 9.12. The van der Waals surface area contributed by atoms with E-state index in [4.69, 9.17) is 6.11 Å². The maximum atomic E-state index is 14.2. The van der Waals surface area contributed by atoms with Crippen LogP contribution in [0.4, 0.5) is 11.4 Å². The third-order valence-corrected chi connectivity index (χ3v) is 8.83. The van der Waals surface area contributed by atoms with E-state index < -0.39 is 11.9 Å². The zero-order chi connectivity index (χ0) is 35.3. The Morgan fingerprint density at radius 1 is 0.935 bits per heavy atom. The van der Waals surface area contributed by atoms with E-state index in [0.29, 0.717) is 33.9 Å². The lowest BCUT2D eigenvalue weighted by molar-refractivity contribution is 0.0696. The fourth-order valence-corrected chi connectivity index (χ4v) is 6.42. The summed E-state index contributed by atoms with van der Waals surface area (Å²) in [5.41, 5.74) is 9.28. The molecule has 0 aliphatic carbocycles. The number of methoxy groups -OCH3 is 1. The highest BCUT2D eigenvalue weighted by Crippen LogP contribution is 2.45. The molecule has 0 atom stereocenters. The number of ether oxygens (including phenoxy) is 1. The van der Waals surface area contributed by atoms with Gasteiger partial charge in [-0.15, -0.1) is 10.2 Å². The van der Waals surface area contributed by atoms with E-state index in [2.05, 4.69) is 36.1 Å². The van der Waals surface area contributed by atoms with Crippen LogP contribution in [0.1, 0.15) is 117 Å². The van der Waals surface area contributed by atoms with Crippen LogP contribution >= 0.6 is 0 Å². The molecule has 46 heavy (non-hydrogen) atoms. The Hall–Kier alpha value is -4.46. The highest BCUT2D eigenvalue weighted by Gasteiger charge is 2.27. The highest BCUT2D eigenvalue weighted by molar-refractivity contribution is 5.94. The topological polar surface area (TPSA) is 109 Å². The van der Waals surface area contributed by atoms with Gasteiger partial charge < -0.3 is 9.84 Å². The van der Waals surface area contributed by atoms with Crippen molar-refractivity contribution in [3.63, 3.8) is 0 Å². The number of aromatic nitrogens is 2. The Labute approximate surface area is 273 Å². The van der Waals surface area contributed by atoms with E-state index in [-0.39, 0.29) is 28.1 Å². The molecule has 3 aromatic carbocycles. The molecule has 4 rings (SSSR count). The van der Waals surface area contributed by atoms with Gasteiger partial charge in [-0.1, -0.05) is 60.6 Å². The van der Waals surface area contributed by atoms with Gasteiger partial charge in [0.15, 0.2) is 11.4 Å². The third kappa shape index (κ3) is 6.05. The van der Waals surface area contributed by atoms with Crippen LogP contribution in [0.3, 0.4) is 0 Å². The van der Waals surface area contributed by atoms with Crippen molar-refractivity contribution in [2.75, 3.05) is 7.11 Å². The lowest BCUT2D eigenvalue weighted by Crippen LogP contribution is -2.21. The Balaban J connectivity index is 1.97. The van der Waals surface area contributed by atoms with Crippen molar-refractivity contribution in [3.05, 3.63) is 90.9 Å². The predicted molar refractivity (Wildman–Crippen MR) is 187 cm³/mol. The molecule has 0 fully saturated rings. The Bertz CT molecular complexity index is 1970. The molecule has 1 aromatic heterocycles. The van der Waals surface area contributed by atoms with Crippen molar-refractivity contribution >= 4 is 17.3 Å². The van der Waals surface area contributed by atoms with Gasteiger partial charge in [0.1, 0.15) is 5.69 Å². The average Bonchev–Trinajstić information content (AvgIpc) is 3.28. The van der Waals surface area contributed by atoms with Gasteiger partial charge in [0.25, 0.3) is 5.56 Å². The van der Waals surface area contributed by atoms with Crippen molar-refractivity contribution in [3.8, 4) is 22.6 Å². The van der Waals surface area contributed by atoms with Crippen LogP contribution in [-0.4, -0.2) is 28.0 Å². The lowest BCUT2D eigenvalue weighted by Gasteiger charge is -2.28. The number of carboxylic acid groups (broad SMARTS) is 1. The van der Waals surface area contributed by atoms with Crippen LogP contribution < -0.4 is 10.3 Å². The fraction of sp³-hybridized carbons (Fsp3) is 0.421. The van der Waals surface area contributed by atoms with Gasteiger partial charge >= 0.3 is 5.97 Å². The molecule has 8 heteroatoms. The van der Waals surface area contributed by atoms with E-state index >= 15 is 0 Å². The number of aromatic amines is 1. The normalized spacial score (nSPS) is 12.7. The van der Waals surface area contributed by atoms with Crippen LogP contribution in [-0.2, 0) is 5.41 Å². The van der Waals surface area contributed by atoms with E-state index in [1.165, 1.54) is 4.68 Å². The third-order valence-electron chi connectivity index (χ3n) is 8.83. The molecule has 0 radical (unpaired) electrons. The number of nitrogens with zero attached hydrogens (tertiary/aromatic N) is 3. The number of aryl methyl sites for hydroxylation is 2. The second kappa shape index (κ2) is 12.7. The first-order chi connectivity index (χ1) is 21.7. The van der Waals surface area contributed by atoms with Crippen LogP contribution in [0.5, 0.6) is 5.75 Å². The second-order valence-electron chi connectivity index (χ2n) is 13.7. The fourth-order valence-electron chi connectivity index (χ4n) is 6.42. The summed E-state index contributed by atoms with van der Waals surface area (Å²) in [7, 11) is 1.55. The Morgan fingerprint density at radius 2 is 1.57 bits per heavy atom. The molecule has 0 amide bonds. The monoisotopic (exact) mass is 625 g/mol. The number of hydrogen-bond donors (Lipinski definition) is 2.